The number of amidine groups is 2. The van der Waals surface area contributed by atoms with Crippen LogP contribution in [0, 0.1) is 6.92 Å². The number of nitrogens with zero attached hydrogens (tertiary/aromatic N) is 5. The normalized spacial score (nSPS) is 14.9. The quantitative estimate of drug-likeness (QED) is 0.195. The summed E-state index contributed by atoms with van der Waals surface area (Å²) in [5, 5.41) is 8.66. The first-order chi connectivity index (χ1) is 22.1. The Labute approximate surface area is 263 Å². The third-order valence-corrected chi connectivity index (χ3v) is 8.40. The van der Waals surface area contributed by atoms with Gasteiger partial charge in [-0.05, 0) is 79.4 Å². The van der Waals surface area contributed by atoms with E-state index in [9.17, 15) is 0 Å². The number of rotatable bonds is 8. The van der Waals surface area contributed by atoms with Crippen LogP contribution >= 0.6 is 0 Å². The molecule has 0 amide bonds. The van der Waals surface area contributed by atoms with Gasteiger partial charge in [-0.2, -0.15) is 5.10 Å². The van der Waals surface area contributed by atoms with E-state index >= 15 is 0 Å². The Morgan fingerprint density at radius 3 is 2.33 bits per heavy atom. The maximum atomic E-state index is 5.77. The minimum absolute atomic E-state index is 0.269. The number of fused-ring (bicyclic) bond motifs is 4. The number of nitrogens with one attached hydrogen (secondary N) is 1. The van der Waals surface area contributed by atoms with E-state index in [4.69, 9.17) is 24.6 Å². The summed E-state index contributed by atoms with van der Waals surface area (Å²) in [6.45, 7) is 4.27. The summed E-state index contributed by atoms with van der Waals surface area (Å²) in [4.78, 5) is 12.7. The first-order valence-corrected chi connectivity index (χ1v) is 15.4. The highest BCUT2D eigenvalue weighted by atomic mass is 16.5. The summed E-state index contributed by atoms with van der Waals surface area (Å²) < 4.78 is 13.3. The Bertz CT molecular complexity index is 1910. The fourth-order valence-corrected chi connectivity index (χ4v) is 6.16. The van der Waals surface area contributed by atoms with Crippen molar-refractivity contribution in [1.82, 2.24) is 9.78 Å². The third kappa shape index (κ3) is 5.12. The van der Waals surface area contributed by atoms with Gasteiger partial charge in [0.1, 0.15) is 0 Å². The number of hydrogen-bond acceptors (Lipinski definition) is 7. The van der Waals surface area contributed by atoms with Crippen molar-refractivity contribution >= 4 is 34.6 Å². The van der Waals surface area contributed by atoms with E-state index < -0.39 is 0 Å². The lowest BCUT2D eigenvalue weighted by atomic mass is 9.93. The molecule has 1 atom stereocenters. The second-order valence-corrected chi connectivity index (χ2v) is 11.3. The molecule has 0 spiro atoms. The molecule has 0 fully saturated rings. The zero-order valence-electron chi connectivity index (χ0n) is 26.0. The Morgan fingerprint density at radius 2 is 1.58 bits per heavy atom. The molecule has 0 saturated heterocycles. The van der Waals surface area contributed by atoms with Crippen molar-refractivity contribution in [1.29, 1.82) is 0 Å². The predicted molar refractivity (Wildman–Crippen MR) is 181 cm³/mol. The topological polar surface area (TPSA) is 76.3 Å². The lowest BCUT2D eigenvalue weighted by Gasteiger charge is -2.40. The number of benzene rings is 4. The smallest absolute Gasteiger partial charge is 0.179 e. The van der Waals surface area contributed by atoms with E-state index in [0.29, 0.717) is 23.2 Å². The molecule has 226 valence electrons. The zero-order valence-corrected chi connectivity index (χ0v) is 26.0. The second kappa shape index (κ2) is 12.0. The monoisotopic (exact) mass is 596 g/mol. The van der Waals surface area contributed by atoms with Crippen molar-refractivity contribution in [3.05, 3.63) is 119 Å². The summed E-state index contributed by atoms with van der Waals surface area (Å²) in [6.07, 6.45) is 3.43. The van der Waals surface area contributed by atoms with Gasteiger partial charge >= 0.3 is 0 Å². The minimum Gasteiger partial charge on any atom is -0.493 e. The summed E-state index contributed by atoms with van der Waals surface area (Å²) >= 11 is 0. The molecule has 1 aromatic heterocycles. The van der Waals surface area contributed by atoms with Gasteiger partial charge in [-0.25, -0.2) is 14.7 Å². The first kappa shape index (κ1) is 28.4. The van der Waals surface area contributed by atoms with E-state index in [0.717, 1.165) is 51.8 Å². The van der Waals surface area contributed by atoms with Crippen molar-refractivity contribution in [2.24, 2.45) is 9.98 Å². The predicted octanol–water partition coefficient (Wildman–Crippen LogP) is 8.34. The van der Waals surface area contributed by atoms with Gasteiger partial charge < -0.3 is 19.7 Å². The number of hydrogen-bond donors (Lipinski definition) is 1. The molecule has 0 unspecified atom stereocenters. The van der Waals surface area contributed by atoms with Gasteiger partial charge in [-0.1, -0.05) is 61.9 Å². The van der Waals surface area contributed by atoms with Gasteiger partial charge in [0, 0.05) is 11.3 Å². The van der Waals surface area contributed by atoms with Crippen molar-refractivity contribution in [3.8, 4) is 17.2 Å². The molecular weight excluding hydrogens is 560 g/mol. The Hall–Kier alpha value is -5.37. The third-order valence-electron chi connectivity index (χ3n) is 8.40. The van der Waals surface area contributed by atoms with Gasteiger partial charge in [-0.15, -0.1) is 0 Å². The zero-order chi connectivity index (χ0) is 30.9. The van der Waals surface area contributed by atoms with Crippen molar-refractivity contribution < 1.29 is 9.47 Å². The van der Waals surface area contributed by atoms with Crippen LogP contribution in [0.1, 0.15) is 48.2 Å². The van der Waals surface area contributed by atoms with Crippen LogP contribution in [0.5, 0.6) is 11.5 Å². The van der Waals surface area contributed by atoms with Crippen LogP contribution in [-0.4, -0.2) is 35.7 Å². The molecule has 0 bridgehead atoms. The molecule has 5 aromatic rings. The van der Waals surface area contributed by atoms with Crippen LogP contribution in [0.4, 0.5) is 22.9 Å². The molecule has 4 aromatic carbocycles. The number of aryl methyl sites for hydroxylation is 2. The Kier molecular flexibility index (Phi) is 7.55. The van der Waals surface area contributed by atoms with Crippen LogP contribution in [-0.2, 0) is 6.42 Å². The number of anilines is 2. The number of methoxy groups -OCH3 is 2. The lowest BCUT2D eigenvalue weighted by Crippen LogP contribution is -2.46. The number of ether oxygens (including phenoxy) is 2. The first-order valence-electron chi connectivity index (χ1n) is 15.4. The molecule has 0 radical (unpaired) electrons. The molecule has 8 nitrogen and oxygen atoms in total. The van der Waals surface area contributed by atoms with Crippen molar-refractivity contribution in [2.45, 2.75) is 39.2 Å². The molecule has 7 rings (SSSR count). The standard InChI is InChI=1S/C37H36N6O2/c1-5-6-12-25-17-20-27(21-18-25)38-35-37-40-36-33(24(2)41-43(36)28-13-8-7-9-14-28)34(26-19-22-31(44-3)32(23-26)45-4)42(37)30-16-11-10-15-29(30)39-35/h7-11,13-23,34H,5-6,12H2,1-4H3,(H,38,39)/t34-/m0/s1. The molecule has 2 aliphatic heterocycles. The largest absolute Gasteiger partial charge is 0.493 e. The highest BCUT2D eigenvalue weighted by molar-refractivity contribution is 6.51. The Morgan fingerprint density at radius 1 is 0.822 bits per heavy atom. The number of aliphatic imine (C=N–C) groups is 2. The van der Waals surface area contributed by atoms with E-state index in [2.05, 4.69) is 60.5 Å². The van der Waals surface area contributed by atoms with Crippen molar-refractivity contribution in [3.63, 3.8) is 0 Å². The van der Waals surface area contributed by atoms with E-state index in [1.165, 1.54) is 18.4 Å². The van der Waals surface area contributed by atoms with E-state index in [1.54, 1.807) is 14.2 Å². The number of para-hydroxylation sites is 3. The van der Waals surface area contributed by atoms with Crippen LogP contribution in [0.25, 0.3) is 5.69 Å². The highest BCUT2D eigenvalue weighted by Crippen LogP contribution is 2.49. The molecule has 45 heavy (non-hydrogen) atoms. The molecule has 2 aliphatic rings. The number of unbranched alkanes of at least 4 members (excludes halogenated alkanes) is 1. The maximum absolute atomic E-state index is 5.77. The molecule has 0 saturated carbocycles. The van der Waals surface area contributed by atoms with Gasteiger partial charge in [-0.3, -0.25) is 0 Å². The van der Waals surface area contributed by atoms with Crippen LogP contribution in [0.3, 0.4) is 0 Å². The Balaban J connectivity index is 1.43. The molecule has 0 aliphatic carbocycles. The fraction of sp³-hybridized carbons (Fsp3) is 0.216. The average molecular weight is 597 g/mol. The highest BCUT2D eigenvalue weighted by Gasteiger charge is 2.41. The summed E-state index contributed by atoms with van der Waals surface area (Å²) in [6, 6.07) is 32.8. The maximum Gasteiger partial charge on any atom is 0.179 e. The average Bonchev–Trinajstić information content (AvgIpc) is 3.42. The molecule has 8 heteroatoms. The lowest BCUT2D eigenvalue weighted by molar-refractivity contribution is 0.354. The van der Waals surface area contributed by atoms with Crippen LogP contribution in [0.2, 0.25) is 0 Å². The summed E-state index contributed by atoms with van der Waals surface area (Å²) in [5.41, 5.74) is 7.99. The van der Waals surface area contributed by atoms with Crippen LogP contribution in [0.15, 0.2) is 107 Å². The van der Waals surface area contributed by atoms with E-state index in [-0.39, 0.29) is 6.04 Å². The van der Waals surface area contributed by atoms with E-state index in [1.807, 2.05) is 65.3 Å². The van der Waals surface area contributed by atoms with Gasteiger partial charge in [0.15, 0.2) is 29.0 Å². The SMILES string of the molecule is CCCCc1ccc(NC2=Nc3ccccc3N3C2=Nc2c(c(C)nn2-c2ccccc2)[C@@H]3c2ccc(OC)c(OC)c2)cc1. The number of aromatic nitrogens is 2. The molecular formula is C37H36N6O2. The van der Waals surface area contributed by atoms with Gasteiger partial charge in [0.05, 0.1) is 43.0 Å². The molecule has 3 heterocycles. The fourth-order valence-electron chi connectivity index (χ4n) is 6.16. The van der Waals surface area contributed by atoms with Crippen LogP contribution < -0.4 is 19.7 Å². The molecule has 1 N–H and O–H groups in total. The summed E-state index contributed by atoms with van der Waals surface area (Å²) in [5.74, 6) is 3.49. The van der Waals surface area contributed by atoms with Gasteiger partial charge in [0.25, 0.3) is 0 Å². The van der Waals surface area contributed by atoms with Crippen molar-refractivity contribution in [2.75, 3.05) is 24.4 Å². The van der Waals surface area contributed by atoms with Gasteiger partial charge in [0.2, 0.25) is 0 Å². The second-order valence-electron chi connectivity index (χ2n) is 11.3. The minimum atomic E-state index is -0.269. The summed E-state index contributed by atoms with van der Waals surface area (Å²) in [7, 11) is 3.32.